The number of urea groups is 1. The summed E-state index contributed by atoms with van der Waals surface area (Å²) >= 11 is 9.89. The molecule has 168 valence electrons. The molecule has 33 heavy (non-hydrogen) atoms. The van der Waals surface area contributed by atoms with Gasteiger partial charge in [-0.15, -0.1) is 0 Å². The second kappa shape index (κ2) is 9.41. The largest absolute Gasteiger partial charge is 0.368 e. The third kappa shape index (κ3) is 4.82. The third-order valence-electron chi connectivity index (χ3n) is 5.63. The normalized spacial score (nSPS) is 17.0. The van der Waals surface area contributed by atoms with Crippen molar-refractivity contribution in [1.82, 2.24) is 25.2 Å². The number of nitrogens with zero attached hydrogens (tertiary/aromatic N) is 3. The Kier molecular flexibility index (Phi) is 6.20. The molecule has 1 aliphatic carbocycles. The Morgan fingerprint density at radius 3 is 2.73 bits per heavy atom. The van der Waals surface area contributed by atoms with E-state index >= 15 is 0 Å². The van der Waals surface area contributed by atoms with Gasteiger partial charge in [-0.1, -0.05) is 60.1 Å². The summed E-state index contributed by atoms with van der Waals surface area (Å²) in [5.41, 5.74) is 3.53. The van der Waals surface area contributed by atoms with Crippen LogP contribution in [0.3, 0.4) is 0 Å². The molecule has 0 aliphatic heterocycles. The molecule has 2 aromatic carbocycles. The van der Waals surface area contributed by atoms with Gasteiger partial charge in [-0.2, -0.15) is 9.61 Å². The van der Waals surface area contributed by atoms with Crippen molar-refractivity contribution in [3.05, 3.63) is 81.9 Å². The zero-order chi connectivity index (χ0) is 22.8. The van der Waals surface area contributed by atoms with Gasteiger partial charge in [-0.3, -0.25) is 0 Å². The van der Waals surface area contributed by atoms with Crippen LogP contribution in [0.15, 0.2) is 71.3 Å². The van der Waals surface area contributed by atoms with Gasteiger partial charge < -0.3 is 16.0 Å². The lowest BCUT2D eigenvalue weighted by atomic mass is 10.1. The van der Waals surface area contributed by atoms with E-state index in [1.807, 2.05) is 48.5 Å². The van der Waals surface area contributed by atoms with Crippen molar-refractivity contribution >= 4 is 45.0 Å². The van der Waals surface area contributed by atoms with Crippen LogP contribution >= 0.6 is 27.5 Å². The summed E-state index contributed by atoms with van der Waals surface area (Å²) in [7, 11) is 0. The van der Waals surface area contributed by atoms with Crippen molar-refractivity contribution in [1.29, 1.82) is 0 Å². The molecule has 2 heterocycles. The summed E-state index contributed by atoms with van der Waals surface area (Å²) < 4.78 is 2.51. The summed E-state index contributed by atoms with van der Waals surface area (Å²) in [6, 6.07) is 19.8. The molecule has 0 radical (unpaired) electrons. The highest BCUT2D eigenvalue weighted by Crippen LogP contribution is 2.40. The van der Waals surface area contributed by atoms with E-state index in [1.165, 1.54) is 5.56 Å². The minimum Gasteiger partial charge on any atom is -0.368 e. The molecule has 2 aromatic heterocycles. The average molecular weight is 526 g/mol. The van der Waals surface area contributed by atoms with Crippen LogP contribution in [0.4, 0.5) is 10.6 Å². The third-order valence-corrected chi connectivity index (χ3v) is 6.52. The van der Waals surface area contributed by atoms with Crippen LogP contribution < -0.4 is 16.0 Å². The van der Waals surface area contributed by atoms with E-state index in [-0.39, 0.29) is 12.1 Å². The number of benzene rings is 2. The predicted octanol–water partition coefficient (Wildman–Crippen LogP) is 5.08. The quantitative estimate of drug-likeness (QED) is 0.294. The first-order valence-electron chi connectivity index (χ1n) is 10.7. The van der Waals surface area contributed by atoms with Gasteiger partial charge in [0.05, 0.1) is 16.4 Å². The van der Waals surface area contributed by atoms with Gasteiger partial charge in [0.2, 0.25) is 0 Å². The molecule has 1 unspecified atom stereocenters. The van der Waals surface area contributed by atoms with Crippen molar-refractivity contribution < 1.29 is 4.79 Å². The molecule has 1 saturated carbocycles. The molecule has 4 aromatic rings. The lowest BCUT2D eigenvalue weighted by Gasteiger charge is -2.12. The summed E-state index contributed by atoms with van der Waals surface area (Å²) in [6.07, 6.45) is 2.68. The second-order valence-electron chi connectivity index (χ2n) is 7.92. The van der Waals surface area contributed by atoms with Crippen molar-refractivity contribution in [2.24, 2.45) is 0 Å². The highest BCUT2D eigenvalue weighted by atomic mass is 79.9. The molecule has 0 spiro atoms. The number of rotatable bonds is 7. The molecule has 7 nitrogen and oxygen atoms in total. The Hall–Kier alpha value is -3.10. The van der Waals surface area contributed by atoms with Crippen molar-refractivity contribution in [3.8, 4) is 11.3 Å². The first-order chi connectivity index (χ1) is 16.1. The minimum absolute atomic E-state index is 0.154. The maximum Gasteiger partial charge on any atom is 0.315 e. The predicted molar refractivity (Wildman–Crippen MR) is 134 cm³/mol. The monoisotopic (exact) mass is 524 g/mol. The van der Waals surface area contributed by atoms with Crippen LogP contribution in [-0.4, -0.2) is 39.8 Å². The Labute approximate surface area is 204 Å². The Balaban J connectivity index is 1.19. The number of carbonyl (C=O) groups is 1. The number of halogens is 2. The zero-order valence-corrected chi connectivity index (χ0v) is 20.0. The summed E-state index contributed by atoms with van der Waals surface area (Å²) in [5, 5.41) is 14.3. The van der Waals surface area contributed by atoms with Crippen molar-refractivity contribution in [3.63, 3.8) is 0 Å². The Bertz CT molecular complexity index is 1290. The lowest BCUT2D eigenvalue weighted by Crippen LogP contribution is -2.39. The molecule has 1 fully saturated rings. The first-order valence-corrected chi connectivity index (χ1v) is 11.9. The minimum atomic E-state index is -0.154. The molecule has 0 bridgehead atoms. The highest BCUT2D eigenvalue weighted by molar-refractivity contribution is 9.10. The number of nitrogens with one attached hydrogen (secondary N) is 3. The molecule has 3 N–H and O–H groups in total. The number of amides is 2. The number of hydrogen-bond acceptors (Lipinski definition) is 4. The van der Waals surface area contributed by atoms with Crippen molar-refractivity contribution in [2.75, 3.05) is 18.4 Å². The topological polar surface area (TPSA) is 83.3 Å². The summed E-state index contributed by atoms with van der Waals surface area (Å²) in [5.74, 6) is 1.16. The van der Waals surface area contributed by atoms with Gasteiger partial charge in [-0.25, -0.2) is 9.78 Å². The van der Waals surface area contributed by atoms with Crippen LogP contribution in [-0.2, 0) is 0 Å². The average Bonchev–Trinajstić information content (AvgIpc) is 3.50. The van der Waals surface area contributed by atoms with Crippen LogP contribution in [0.5, 0.6) is 0 Å². The fourth-order valence-corrected chi connectivity index (χ4v) is 4.46. The molecule has 5 rings (SSSR count). The smallest absolute Gasteiger partial charge is 0.315 e. The van der Waals surface area contributed by atoms with E-state index < -0.39 is 0 Å². The van der Waals surface area contributed by atoms with E-state index in [0.717, 1.165) is 28.0 Å². The molecule has 2 atom stereocenters. The highest BCUT2D eigenvalue weighted by Gasteiger charge is 2.39. The number of fused-ring (bicyclic) bond motifs is 1. The van der Waals surface area contributed by atoms with Gasteiger partial charge >= 0.3 is 6.03 Å². The van der Waals surface area contributed by atoms with Crippen LogP contribution in [0, 0.1) is 0 Å². The summed E-state index contributed by atoms with van der Waals surface area (Å²) in [6.45, 7) is 0.987. The SMILES string of the molecule is O=C(NCCNc1cc(-c2ccccc2Cl)nc2c(Br)cnn12)NC1C[C@H]1c1ccccc1. The van der Waals surface area contributed by atoms with Crippen LogP contribution in [0.1, 0.15) is 17.9 Å². The Morgan fingerprint density at radius 2 is 1.91 bits per heavy atom. The fraction of sp³-hybridized carbons (Fsp3) is 0.208. The number of carbonyl (C=O) groups excluding carboxylic acids is 1. The van der Waals surface area contributed by atoms with E-state index in [2.05, 4.69) is 49.1 Å². The standard InChI is InChI=1S/C24H22BrClN6O/c25-18-14-29-32-22(13-21(30-23(18)32)16-8-4-5-9-19(16)26)27-10-11-28-24(33)31-20-12-17(20)15-6-2-1-3-7-15/h1-9,13-14,17,20,27H,10-12H2,(H2,28,31,33)/t17-,20?/m0/s1. The van der Waals surface area contributed by atoms with Gasteiger partial charge in [0.1, 0.15) is 5.82 Å². The molecule has 1 aliphatic rings. The fourth-order valence-electron chi connectivity index (χ4n) is 3.88. The van der Waals surface area contributed by atoms with Crippen LogP contribution in [0.25, 0.3) is 16.9 Å². The Morgan fingerprint density at radius 1 is 1.12 bits per heavy atom. The van der Waals surface area contributed by atoms with E-state index in [0.29, 0.717) is 29.7 Å². The van der Waals surface area contributed by atoms with Gasteiger partial charge in [-0.05, 0) is 34.0 Å². The van der Waals surface area contributed by atoms with Gasteiger partial charge in [0.15, 0.2) is 5.65 Å². The molecule has 2 amide bonds. The van der Waals surface area contributed by atoms with Crippen LogP contribution in [0.2, 0.25) is 5.02 Å². The summed E-state index contributed by atoms with van der Waals surface area (Å²) in [4.78, 5) is 17.0. The number of anilines is 1. The molecular formula is C24H22BrClN6O. The first kappa shape index (κ1) is 21.7. The molecule has 9 heteroatoms. The maximum absolute atomic E-state index is 12.3. The lowest BCUT2D eigenvalue weighted by molar-refractivity contribution is 0.240. The van der Waals surface area contributed by atoms with E-state index in [9.17, 15) is 4.79 Å². The van der Waals surface area contributed by atoms with Gasteiger partial charge in [0, 0.05) is 41.7 Å². The molecular weight excluding hydrogens is 504 g/mol. The van der Waals surface area contributed by atoms with E-state index in [4.69, 9.17) is 16.6 Å². The maximum atomic E-state index is 12.3. The zero-order valence-electron chi connectivity index (χ0n) is 17.6. The number of aromatic nitrogens is 3. The van der Waals surface area contributed by atoms with Crippen molar-refractivity contribution in [2.45, 2.75) is 18.4 Å². The second-order valence-corrected chi connectivity index (χ2v) is 9.18. The molecule has 0 saturated heterocycles. The van der Waals surface area contributed by atoms with Gasteiger partial charge in [0.25, 0.3) is 0 Å². The van der Waals surface area contributed by atoms with E-state index in [1.54, 1.807) is 10.7 Å². The number of hydrogen-bond donors (Lipinski definition) is 3.